The Morgan fingerprint density at radius 2 is 1.85 bits per heavy atom. The Morgan fingerprint density at radius 1 is 1.10 bits per heavy atom. The average molecular weight is 544 g/mol. The maximum Gasteiger partial charge on any atom is 0.334 e. The van der Waals surface area contributed by atoms with Crippen LogP contribution in [0.5, 0.6) is 5.75 Å². The van der Waals surface area contributed by atoms with Gasteiger partial charge in [0.1, 0.15) is 11.5 Å². The number of rotatable bonds is 10. The highest BCUT2D eigenvalue weighted by molar-refractivity contribution is 5.99. The second-order valence-corrected chi connectivity index (χ2v) is 10.6. The first-order valence-electron chi connectivity index (χ1n) is 14.2. The molecule has 2 aromatic heterocycles. The number of amides is 1. The number of hydrogen-bond acceptors (Lipinski definition) is 7. The summed E-state index contributed by atoms with van der Waals surface area (Å²) < 4.78 is 17.0. The van der Waals surface area contributed by atoms with E-state index in [2.05, 4.69) is 9.97 Å². The van der Waals surface area contributed by atoms with Gasteiger partial charge in [0.15, 0.2) is 0 Å². The van der Waals surface area contributed by atoms with Crippen molar-refractivity contribution >= 4 is 18.0 Å². The molecule has 2 atom stereocenters. The first-order valence-corrected chi connectivity index (χ1v) is 14.2. The van der Waals surface area contributed by atoms with Crippen LogP contribution in [0.3, 0.4) is 0 Å². The van der Waals surface area contributed by atoms with Crippen LogP contribution >= 0.6 is 0 Å². The largest absolute Gasteiger partial charge is 0.493 e. The molecule has 5 rings (SSSR count). The van der Waals surface area contributed by atoms with Crippen LogP contribution in [0.1, 0.15) is 56.0 Å². The van der Waals surface area contributed by atoms with Crippen molar-refractivity contribution in [1.29, 1.82) is 0 Å². The molecule has 1 saturated heterocycles. The quantitative estimate of drug-likeness (QED) is 0.241. The highest BCUT2D eigenvalue weighted by Crippen LogP contribution is 2.36. The van der Waals surface area contributed by atoms with E-state index in [9.17, 15) is 9.59 Å². The van der Waals surface area contributed by atoms with E-state index < -0.39 is 5.97 Å². The molecule has 0 unspecified atom stereocenters. The zero-order valence-electron chi connectivity index (χ0n) is 23.3. The number of benzene rings is 1. The van der Waals surface area contributed by atoms with Gasteiger partial charge in [-0.2, -0.15) is 0 Å². The van der Waals surface area contributed by atoms with E-state index in [1.165, 1.54) is 25.7 Å². The Bertz CT molecular complexity index is 1320. The van der Waals surface area contributed by atoms with Gasteiger partial charge in [-0.15, -0.1) is 0 Å². The maximum absolute atomic E-state index is 13.1. The second kappa shape index (κ2) is 12.9. The van der Waals surface area contributed by atoms with Gasteiger partial charge in [0.2, 0.25) is 11.8 Å². The minimum Gasteiger partial charge on any atom is -0.493 e. The molecule has 1 aliphatic heterocycles. The van der Waals surface area contributed by atoms with E-state index in [-0.39, 0.29) is 18.9 Å². The minimum atomic E-state index is -0.443. The number of ether oxygens (including phenoxy) is 2. The Balaban J connectivity index is 1.18. The van der Waals surface area contributed by atoms with Crippen LogP contribution in [0.2, 0.25) is 0 Å². The molecule has 2 fully saturated rings. The number of hydrogen-bond donors (Lipinski definition) is 0. The van der Waals surface area contributed by atoms with Crippen molar-refractivity contribution in [1.82, 2.24) is 14.9 Å². The first-order chi connectivity index (χ1) is 19.5. The lowest BCUT2D eigenvalue weighted by molar-refractivity contribution is -0.140. The molecule has 3 heterocycles. The number of pyridine rings is 1. The zero-order valence-corrected chi connectivity index (χ0v) is 23.3. The third-order valence-electron chi connectivity index (χ3n) is 7.84. The summed E-state index contributed by atoms with van der Waals surface area (Å²) in [5.74, 6) is 2.80. The van der Waals surface area contributed by atoms with Gasteiger partial charge >= 0.3 is 5.97 Å². The molecular formula is C32H37N3O5. The van der Waals surface area contributed by atoms with E-state index in [0.717, 1.165) is 35.7 Å². The monoisotopic (exact) mass is 543 g/mol. The van der Waals surface area contributed by atoms with Crippen molar-refractivity contribution in [3.05, 3.63) is 71.4 Å². The molecule has 40 heavy (non-hydrogen) atoms. The summed E-state index contributed by atoms with van der Waals surface area (Å²) in [6.07, 6.45) is 10.8. The number of carbonyl (C=O) groups is 2. The predicted octanol–water partition coefficient (Wildman–Crippen LogP) is 5.65. The van der Waals surface area contributed by atoms with Crippen molar-refractivity contribution in [2.24, 2.45) is 11.8 Å². The summed E-state index contributed by atoms with van der Waals surface area (Å²) >= 11 is 0. The summed E-state index contributed by atoms with van der Waals surface area (Å²) in [4.78, 5) is 36.5. The number of esters is 1. The summed E-state index contributed by atoms with van der Waals surface area (Å²) in [6.45, 7) is 5.99. The molecule has 210 valence electrons. The van der Waals surface area contributed by atoms with E-state index in [1.807, 2.05) is 48.2 Å². The second-order valence-electron chi connectivity index (χ2n) is 10.6. The topological polar surface area (TPSA) is 94.8 Å². The molecule has 8 nitrogen and oxygen atoms in total. The highest BCUT2D eigenvalue weighted by atomic mass is 16.5. The highest BCUT2D eigenvalue weighted by Gasteiger charge is 2.36. The van der Waals surface area contributed by atoms with Crippen LogP contribution in [-0.4, -0.2) is 53.0 Å². The van der Waals surface area contributed by atoms with E-state index in [1.54, 1.807) is 25.4 Å². The van der Waals surface area contributed by atoms with Crippen LogP contribution in [0.4, 0.5) is 0 Å². The molecule has 8 heteroatoms. The van der Waals surface area contributed by atoms with Gasteiger partial charge in [-0.05, 0) is 74.4 Å². The third-order valence-corrected chi connectivity index (χ3v) is 7.84. The Hall–Kier alpha value is -3.94. The molecule has 1 amide bonds. The lowest BCUT2D eigenvalue weighted by atomic mass is 9.82. The minimum absolute atomic E-state index is 0.00323. The van der Waals surface area contributed by atoms with Crippen molar-refractivity contribution in [2.45, 2.75) is 52.4 Å². The molecule has 0 spiro atoms. The van der Waals surface area contributed by atoms with Crippen molar-refractivity contribution in [2.75, 3.05) is 26.3 Å². The number of nitrogens with zero attached hydrogens (tertiary/aromatic N) is 3. The number of aryl methyl sites for hydroxylation is 1. The Morgan fingerprint density at radius 3 is 2.52 bits per heavy atom. The first kappa shape index (κ1) is 27.6. The van der Waals surface area contributed by atoms with Gasteiger partial charge in [0.05, 0.1) is 30.9 Å². The number of aromatic nitrogens is 2. The van der Waals surface area contributed by atoms with Gasteiger partial charge in [0, 0.05) is 37.5 Å². The van der Waals surface area contributed by atoms with Crippen molar-refractivity contribution < 1.29 is 23.5 Å². The normalized spacial score (nSPS) is 18.9. The summed E-state index contributed by atoms with van der Waals surface area (Å²) in [6, 6.07) is 11.2. The molecule has 0 bridgehead atoms. The molecule has 1 aromatic carbocycles. The van der Waals surface area contributed by atoms with Crippen LogP contribution in [-0.2, 0) is 20.7 Å². The van der Waals surface area contributed by atoms with Gasteiger partial charge in [-0.25, -0.2) is 9.78 Å². The smallest absolute Gasteiger partial charge is 0.334 e. The molecule has 0 N–H and O–H groups in total. The van der Waals surface area contributed by atoms with Gasteiger partial charge < -0.3 is 18.8 Å². The van der Waals surface area contributed by atoms with Crippen LogP contribution in [0, 0.1) is 18.8 Å². The number of fused-ring (bicyclic) bond motifs is 1. The van der Waals surface area contributed by atoms with Crippen molar-refractivity contribution in [3.63, 3.8) is 0 Å². The Kier molecular flexibility index (Phi) is 8.94. The third kappa shape index (κ3) is 6.79. The molecule has 0 radical (unpaired) electrons. The predicted molar refractivity (Wildman–Crippen MR) is 151 cm³/mol. The van der Waals surface area contributed by atoms with Crippen LogP contribution in [0.15, 0.2) is 58.8 Å². The fourth-order valence-electron chi connectivity index (χ4n) is 5.69. The lowest BCUT2D eigenvalue weighted by Crippen LogP contribution is -2.30. The SMILES string of the molecule is CCOC(=O)/C(=C/c1ccc(OCCc2nc(-c3cccnc3)oc2C)cc1)CC(=O)N1C[C@H]2CCCC[C@H]2C1. The molecule has 3 aromatic rings. The number of likely N-dealkylation sites (tertiary alicyclic amines) is 1. The summed E-state index contributed by atoms with van der Waals surface area (Å²) in [5.41, 5.74) is 2.87. The van der Waals surface area contributed by atoms with Gasteiger partial charge in [0.25, 0.3) is 0 Å². The number of oxazole rings is 1. The molecule has 1 saturated carbocycles. The Labute approximate surface area is 235 Å². The summed E-state index contributed by atoms with van der Waals surface area (Å²) in [5, 5.41) is 0. The van der Waals surface area contributed by atoms with Crippen LogP contribution < -0.4 is 4.74 Å². The average Bonchev–Trinajstić information content (AvgIpc) is 3.58. The van der Waals surface area contributed by atoms with Crippen molar-refractivity contribution in [3.8, 4) is 17.2 Å². The fourth-order valence-corrected chi connectivity index (χ4v) is 5.69. The van der Waals surface area contributed by atoms with E-state index >= 15 is 0 Å². The maximum atomic E-state index is 13.1. The van der Waals surface area contributed by atoms with E-state index in [0.29, 0.717) is 42.1 Å². The standard InChI is InChI=1S/C32H37N3O5/c1-3-38-32(37)27(18-30(36)35-20-25-7-4-5-8-26(25)21-35)17-23-10-12-28(13-11-23)39-16-14-29-22(2)40-31(34-29)24-9-6-15-33-19-24/h6,9-13,15,17,19,25-26H,3-5,7-8,14,16,18,20-21H2,1-2H3/b27-17+/t25-,26+. The van der Waals surface area contributed by atoms with Gasteiger partial charge in [-0.1, -0.05) is 25.0 Å². The summed E-state index contributed by atoms with van der Waals surface area (Å²) in [7, 11) is 0. The van der Waals surface area contributed by atoms with Crippen LogP contribution in [0.25, 0.3) is 17.5 Å². The molecule has 2 aliphatic rings. The molecule has 1 aliphatic carbocycles. The zero-order chi connectivity index (χ0) is 27.9. The molecular weight excluding hydrogens is 506 g/mol. The van der Waals surface area contributed by atoms with Gasteiger partial charge in [-0.3, -0.25) is 9.78 Å². The lowest BCUT2D eigenvalue weighted by Gasteiger charge is -2.22. The fraction of sp³-hybridized carbons (Fsp3) is 0.438. The number of carbonyl (C=O) groups excluding carboxylic acids is 2. The van der Waals surface area contributed by atoms with E-state index in [4.69, 9.17) is 13.9 Å².